The largest absolute Gasteiger partial charge is 0.105 e. The second kappa shape index (κ2) is 9.26. The third kappa shape index (κ3) is 6.85. The van der Waals surface area contributed by atoms with Crippen molar-refractivity contribution < 1.29 is 0 Å². The van der Waals surface area contributed by atoms with Crippen molar-refractivity contribution in [2.24, 2.45) is 0 Å². The molecule has 0 atom stereocenters. The molecule has 0 aromatic heterocycles. The van der Waals surface area contributed by atoms with Gasteiger partial charge in [-0.1, -0.05) is 40.0 Å². The molecule has 0 aliphatic heterocycles. The van der Waals surface area contributed by atoms with E-state index < -0.39 is 0 Å². The number of unbranched alkanes of at least 4 members (excludes halogenated alkanes) is 1. The summed E-state index contributed by atoms with van der Waals surface area (Å²) in [6.07, 6.45) is 9.52. The van der Waals surface area contributed by atoms with Crippen LogP contribution in [0.15, 0.2) is 0 Å². The minimum Gasteiger partial charge on any atom is -0.105 e. The zero-order chi connectivity index (χ0) is 9.23. The standard InChI is InChI=1S/C11H23P/c1-4-7-10-12-11(8-5-2)9-6-3/h4-10H2,1-3H3. The molecule has 0 aliphatic rings. The van der Waals surface area contributed by atoms with Crippen molar-refractivity contribution >= 4 is 13.5 Å². The van der Waals surface area contributed by atoms with Gasteiger partial charge in [0.2, 0.25) is 0 Å². The second-order valence-corrected chi connectivity index (χ2v) is 4.70. The van der Waals surface area contributed by atoms with E-state index in [1.54, 1.807) is 13.5 Å². The van der Waals surface area contributed by atoms with E-state index in [-0.39, 0.29) is 0 Å². The van der Waals surface area contributed by atoms with E-state index in [1.807, 2.05) is 0 Å². The van der Waals surface area contributed by atoms with Gasteiger partial charge in [0.1, 0.15) is 0 Å². The normalized spacial score (nSPS) is 10.6. The van der Waals surface area contributed by atoms with E-state index in [0.29, 0.717) is 0 Å². The van der Waals surface area contributed by atoms with E-state index in [2.05, 4.69) is 20.8 Å². The van der Waals surface area contributed by atoms with Crippen LogP contribution in [0.3, 0.4) is 0 Å². The van der Waals surface area contributed by atoms with Crippen molar-refractivity contribution in [1.29, 1.82) is 0 Å². The Bertz CT molecular complexity index is 108. The lowest BCUT2D eigenvalue weighted by atomic mass is 10.2. The smallest absolute Gasteiger partial charge is 0.0107 e. The van der Waals surface area contributed by atoms with Gasteiger partial charge in [-0.2, -0.15) is 0 Å². The fraction of sp³-hybridized carbons (Fsp3) is 0.909. The van der Waals surface area contributed by atoms with Crippen LogP contribution in [0.2, 0.25) is 0 Å². The van der Waals surface area contributed by atoms with E-state index >= 15 is 0 Å². The molecule has 0 nitrogen and oxygen atoms in total. The Kier molecular flexibility index (Phi) is 9.39. The van der Waals surface area contributed by atoms with Crippen LogP contribution in [0.1, 0.15) is 59.3 Å². The predicted molar refractivity (Wildman–Crippen MR) is 61.5 cm³/mol. The second-order valence-electron chi connectivity index (χ2n) is 3.30. The highest BCUT2D eigenvalue weighted by Crippen LogP contribution is 2.12. The van der Waals surface area contributed by atoms with Crippen molar-refractivity contribution in [3.8, 4) is 0 Å². The molecule has 12 heavy (non-hydrogen) atoms. The summed E-state index contributed by atoms with van der Waals surface area (Å²) in [4.78, 5) is 0. The number of hydrogen-bond donors (Lipinski definition) is 0. The highest BCUT2D eigenvalue weighted by molar-refractivity contribution is 7.40. The molecule has 0 saturated carbocycles. The fourth-order valence-electron chi connectivity index (χ4n) is 1.26. The third-order valence-corrected chi connectivity index (χ3v) is 3.36. The molecule has 0 saturated heterocycles. The van der Waals surface area contributed by atoms with Gasteiger partial charge in [0.05, 0.1) is 0 Å². The van der Waals surface area contributed by atoms with Gasteiger partial charge in [-0.3, -0.25) is 0 Å². The Labute approximate surface area is 79.6 Å². The Hall–Kier alpha value is 0.170. The van der Waals surface area contributed by atoms with Gasteiger partial charge < -0.3 is 0 Å². The van der Waals surface area contributed by atoms with E-state index in [9.17, 15) is 0 Å². The van der Waals surface area contributed by atoms with E-state index in [1.165, 1.54) is 44.7 Å². The van der Waals surface area contributed by atoms with Crippen LogP contribution in [-0.4, -0.2) is 11.5 Å². The minimum atomic E-state index is 1.33. The lowest BCUT2D eigenvalue weighted by Crippen LogP contribution is -1.93. The fourth-order valence-corrected chi connectivity index (χ4v) is 2.81. The first kappa shape index (κ1) is 12.2. The molecule has 0 bridgehead atoms. The molecule has 0 N–H and O–H groups in total. The van der Waals surface area contributed by atoms with Gasteiger partial charge in [-0.05, 0) is 30.7 Å². The maximum atomic E-state index is 2.28. The lowest BCUT2D eigenvalue weighted by molar-refractivity contribution is 0.894. The number of hydrogen-bond acceptors (Lipinski definition) is 0. The summed E-state index contributed by atoms with van der Waals surface area (Å²) in [7, 11) is 1.64. The molecule has 0 heterocycles. The topological polar surface area (TPSA) is 0 Å². The highest BCUT2D eigenvalue weighted by atomic mass is 31.1. The van der Waals surface area contributed by atoms with E-state index in [0.717, 1.165) is 0 Å². The molecule has 0 amide bonds. The zero-order valence-electron chi connectivity index (χ0n) is 8.90. The molecular formula is C11H23P. The number of rotatable bonds is 7. The molecule has 0 aliphatic carbocycles. The summed E-state index contributed by atoms with van der Waals surface area (Å²) >= 11 is 0. The highest BCUT2D eigenvalue weighted by Gasteiger charge is 1.94. The molecule has 0 rings (SSSR count). The maximum Gasteiger partial charge on any atom is -0.0107 e. The zero-order valence-corrected chi connectivity index (χ0v) is 9.79. The molecular weight excluding hydrogens is 163 g/mol. The predicted octanol–water partition coefficient (Wildman–Crippen LogP) is 4.51. The van der Waals surface area contributed by atoms with Crippen LogP contribution in [-0.2, 0) is 0 Å². The molecule has 0 spiro atoms. The van der Waals surface area contributed by atoms with Gasteiger partial charge in [-0.25, -0.2) is 0 Å². The van der Waals surface area contributed by atoms with Crippen molar-refractivity contribution in [2.45, 2.75) is 59.3 Å². The maximum absolute atomic E-state index is 2.28. The monoisotopic (exact) mass is 186 g/mol. The first-order valence-corrected chi connectivity index (χ1v) is 6.45. The molecule has 0 radical (unpaired) electrons. The van der Waals surface area contributed by atoms with Crippen LogP contribution in [0.4, 0.5) is 0 Å². The van der Waals surface area contributed by atoms with Crippen LogP contribution in [0, 0.1) is 0 Å². The Morgan fingerprint density at radius 2 is 1.50 bits per heavy atom. The average molecular weight is 186 g/mol. The van der Waals surface area contributed by atoms with E-state index in [4.69, 9.17) is 0 Å². The first-order chi connectivity index (χ1) is 5.85. The Balaban J connectivity index is 3.64. The van der Waals surface area contributed by atoms with Gasteiger partial charge >= 0.3 is 0 Å². The molecule has 0 aromatic carbocycles. The van der Waals surface area contributed by atoms with Crippen LogP contribution >= 0.6 is 8.20 Å². The SMILES string of the molecule is CCCCP=C(CCC)CCC. The summed E-state index contributed by atoms with van der Waals surface area (Å²) in [6.45, 7) is 6.84. The quantitative estimate of drug-likeness (QED) is 0.405. The molecule has 0 fully saturated rings. The van der Waals surface area contributed by atoms with Crippen LogP contribution in [0.25, 0.3) is 0 Å². The van der Waals surface area contributed by atoms with Crippen LogP contribution < -0.4 is 0 Å². The first-order valence-electron chi connectivity index (χ1n) is 5.37. The summed E-state index contributed by atoms with van der Waals surface area (Å²) in [6, 6.07) is 0. The third-order valence-electron chi connectivity index (χ3n) is 1.92. The van der Waals surface area contributed by atoms with Crippen LogP contribution in [0.5, 0.6) is 0 Å². The molecule has 0 unspecified atom stereocenters. The Morgan fingerprint density at radius 1 is 0.917 bits per heavy atom. The van der Waals surface area contributed by atoms with Gasteiger partial charge in [0, 0.05) is 0 Å². The van der Waals surface area contributed by atoms with Gasteiger partial charge in [-0.15, -0.1) is 8.20 Å². The summed E-state index contributed by atoms with van der Waals surface area (Å²) in [5, 5.41) is 1.79. The molecule has 72 valence electrons. The van der Waals surface area contributed by atoms with Crippen molar-refractivity contribution in [1.82, 2.24) is 0 Å². The van der Waals surface area contributed by atoms with Gasteiger partial charge in [0.25, 0.3) is 0 Å². The van der Waals surface area contributed by atoms with Crippen molar-refractivity contribution in [3.05, 3.63) is 0 Å². The Morgan fingerprint density at radius 3 is 1.92 bits per heavy atom. The van der Waals surface area contributed by atoms with Crippen molar-refractivity contribution in [2.75, 3.05) is 6.16 Å². The van der Waals surface area contributed by atoms with Gasteiger partial charge in [0.15, 0.2) is 0 Å². The lowest BCUT2D eigenvalue weighted by Gasteiger charge is -2.02. The molecule has 0 aromatic rings. The summed E-state index contributed by atoms with van der Waals surface area (Å²) < 4.78 is 0. The average Bonchev–Trinajstić information content (AvgIpc) is 2.06. The van der Waals surface area contributed by atoms with Crippen molar-refractivity contribution in [3.63, 3.8) is 0 Å². The summed E-state index contributed by atoms with van der Waals surface area (Å²) in [5.41, 5.74) is 0. The minimum absolute atomic E-state index is 1.33. The molecule has 1 heteroatoms. The summed E-state index contributed by atoms with van der Waals surface area (Å²) in [5.74, 6) is 0.